The monoisotopic (exact) mass is 296 g/mol. The highest BCUT2D eigenvalue weighted by molar-refractivity contribution is 6.31. The van der Waals surface area contributed by atoms with E-state index in [1.807, 2.05) is 0 Å². The molecule has 0 saturated heterocycles. The van der Waals surface area contributed by atoms with Gasteiger partial charge in [0.05, 0.1) is 13.4 Å². The van der Waals surface area contributed by atoms with E-state index in [0.717, 1.165) is 6.33 Å². The zero-order valence-electron chi connectivity index (χ0n) is 10.2. The Balaban J connectivity index is 2.48. The molecule has 0 atom stereocenters. The third kappa shape index (κ3) is 2.72. The molecule has 1 aromatic heterocycles. The number of hydrogen-bond donors (Lipinski definition) is 2. The quantitative estimate of drug-likeness (QED) is 0.894. The van der Waals surface area contributed by atoms with Gasteiger partial charge in [0.15, 0.2) is 0 Å². The van der Waals surface area contributed by atoms with Crippen molar-refractivity contribution in [1.29, 1.82) is 0 Å². The molecule has 0 radical (unpaired) electrons. The molecule has 1 heterocycles. The number of aromatic amines is 1. The summed E-state index contributed by atoms with van der Waals surface area (Å²) in [5, 5.41) is 9.34. The number of carbonyl (C=O) groups is 1. The van der Waals surface area contributed by atoms with E-state index in [-0.39, 0.29) is 28.0 Å². The maximum atomic E-state index is 11.5. The number of ether oxygens (including phenoxy) is 2. The Morgan fingerprint density at radius 1 is 1.45 bits per heavy atom. The predicted molar refractivity (Wildman–Crippen MR) is 69.9 cm³/mol. The van der Waals surface area contributed by atoms with Crippen molar-refractivity contribution in [3.63, 3.8) is 0 Å². The van der Waals surface area contributed by atoms with Crippen LogP contribution in [-0.4, -0.2) is 28.2 Å². The normalized spacial score (nSPS) is 10.1. The lowest BCUT2D eigenvalue weighted by atomic mass is 10.2. The first-order valence-corrected chi connectivity index (χ1v) is 5.73. The molecule has 0 amide bonds. The minimum atomic E-state index is -1.22. The van der Waals surface area contributed by atoms with Crippen molar-refractivity contribution in [2.45, 2.75) is 0 Å². The largest absolute Gasteiger partial charge is 0.487 e. The number of nitrogens with zero attached hydrogens (tertiary/aromatic N) is 1. The van der Waals surface area contributed by atoms with E-state index in [2.05, 4.69) is 9.97 Å². The fourth-order valence-corrected chi connectivity index (χ4v) is 1.66. The number of carboxylic acid groups (broad SMARTS) is 1. The van der Waals surface area contributed by atoms with E-state index in [9.17, 15) is 9.59 Å². The fraction of sp³-hybridized carbons (Fsp3) is 0.0833. The van der Waals surface area contributed by atoms with Crippen LogP contribution >= 0.6 is 11.6 Å². The molecule has 0 unspecified atom stereocenters. The summed E-state index contributed by atoms with van der Waals surface area (Å²) in [4.78, 5) is 28.7. The zero-order chi connectivity index (χ0) is 14.7. The summed E-state index contributed by atoms with van der Waals surface area (Å²) < 4.78 is 10.2. The number of H-pyrrole nitrogens is 1. The number of carboxylic acids is 1. The zero-order valence-corrected chi connectivity index (χ0v) is 11.0. The standard InChI is InChI=1S/C12H9ClN2O5/c1-19-9-10(16)14-5-15-11(9)20-8-3-2-6(13)4-7(8)12(17)18/h2-5H,1H3,(H,17,18)(H,14,15,16). The van der Waals surface area contributed by atoms with Crippen LogP contribution in [0.15, 0.2) is 29.3 Å². The Morgan fingerprint density at radius 2 is 2.20 bits per heavy atom. The second-order valence-electron chi connectivity index (χ2n) is 3.62. The van der Waals surface area contributed by atoms with Gasteiger partial charge in [0, 0.05) is 5.02 Å². The first-order chi connectivity index (χ1) is 9.52. The van der Waals surface area contributed by atoms with Gasteiger partial charge in [-0.3, -0.25) is 4.79 Å². The number of aromatic nitrogens is 2. The smallest absolute Gasteiger partial charge is 0.339 e. The lowest BCUT2D eigenvalue weighted by molar-refractivity contribution is 0.0694. The molecule has 0 aliphatic carbocycles. The first kappa shape index (κ1) is 13.9. The summed E-state index contributed by atoms with van der Waals surface area (Å²) in [5.74, 6) is -1.51. The molecule has 7 nitrogen and oxygen atoms in total. The maximum absolute atomic E-state index is 11.5. The van der Waals surface area contributed by atoms with Crippen molar-refractivity contribution in [2.24, 2.45) is 0 Å². The van der Waals surface area contributed by atoms with Crippen molar-refractivity contribution >= 4 is 17.6 Å². The van der Waals surface area contributed by atoms with Crippen LogP contribution in [0.3, 0.4) is 0 Å². The highest BCUT2D eigenvalue weighted by Gasteiger charge is 2.17. The van der Waals surface area contributed by atoms with E-state index in [0.29, 0.717) is 0 Å². The summed E-state index contributed by atoms with van der Waals surface area (Å²) in [5.41, 5.74) is -0.690. The molecule has 0 aliphatic heterocycles. The second kappa shape index (κ2) is 5.62. The molecule has 104 valence electrons. The van der Waals surface area contributed by atoms with Crippen LogP contribution in [0.1, 0.15) is 10.4 Å². The highest BCUT2D eigenvalue weighted by atomic mass is 35.5. The van der Waals surface area contributed by atoms with E-state index in [4.69, 9.17) is 26.2 Å². The molecule has 0 bridgehead atoms. The lowest BCUT2D eigenvalue weighted by Crippen LogP contribution is -2.11. The van der Waals surface area contributed by atoms with Gasteiger partial charge in [-0.1, -0.05) is 11.6 Å². The lowest BCUT2D eigenvalue weighted by Gasteiger charge is -2.10. The SMILES string of the molecule is COc1c(Oc2ccc(Cl)cc2C(=O)O)nc[nH]c1=O. The van der Waals surface area contributed by atoms with Gasteiger partial charge in [0.2, 0.25) is 5.75 Å². The number of halogens is 1. The Hall–Kier alpha value is -2.54. The van der Waals surface area contributed by atoms with Gasteiger partial charge < -0.3 is 19.6 Å². The summed E-state index contributed by atoms with van der Waals surface area (Å²) in [6.07, 6.45) is 1.12. The van der Waals surface area contributed by atoms with Gasteiger partial charge in [-0.05, 0) is 18.2 Å². The third-order valence-electron chi connectivity index (χ3n) is 2.36. The van der Waals surface area contributed by atoms with E-state index < -0.39 is 11.5 Å². The number of benzene rings is 1. The van der Waals surface area contributed by atoms with Crippen LogP contribution in [0.4, 0.5) is 0 Å². The molecular formula is C12H9ClN2O5. The van der Waals surface area contributed by atoms with Crippen LogP contribution in [0.25, 0.3) is 0 Å². The van der Waals surface area contributed by atoms with Gasteiger partial charge in [-0.25, -0.2) is 9.78 Å². The Morgan fingerprint density at radius 3 is 2.85 bits per heavy atom. The van der Waals surface area contributed by atoms with E-state index >= 15 is 0 Å². The summed E-state index contributed by atoms with van der Waals surface area (Å²) in [7, 11) is 1.28. The molecule has 0 aliphatic rings. The van der Waals surface area contributed by atoms with Gasteiger partial charge in [0.25, 0.3) is 11.4 Å². The second-order valence-corrected chi connectivity index (χ2v) is 4.05. The Bertz CT molecular complexity index is 713. The van der Waals surface area contributed by atoms with Crippen LogP contribution in [0.2, 0.25) is 5.02 Å². The molecule has 0 saturated carbocycles. The van der Waals surface area contributed by atoms with Crippen LogP contribution < -0.4 is 15.0 Å². The maximum Gasteiger partial charge on any atom is 0.339 e. The minimum absolute atomic E-state index is 0.00157. The molecule has 0 fully saturated rings. The third-order valence-corrected chi connectivity index (χ3v) is 2.60. The van der Waals surface area contributed by atoms with Crippen LogP contribution in [-0.2, 0) is 0 Å². The molecule has 1 aromatic carbocycles. The van der Waals surface area contributed by atoms with Gasteiger partial charge in [-0.2, -0.15) is 0 Å². The molecule has 8 heteroatoms. The average Bonchev–Trinajstić information content (AvgIpc) is 2.41. The average molecular weight is 297 g/mol. The van der Waals surface area contributed by atoms with E-state index in [1.54, 1.807) is 0 Å². The van der Waals surface area contributed by atoms with Gasteiger partial charge in [0.1, 0.15) is 11.3 Å². The Kier molecular flexibility index (Phi) is 3.90. The summed E-state index contributed by atoms with van der Waals surface area (Å²) >= 11 is 5.73. The number of methoxy groups -OCH3 is 1. The van der Waals surface area contributed by atoms with Crippen molar-refractivity contribution in [1.82, 2.24) is 9.97 Å². The van der Waals surface area contributed by atoms with Crippen LogP contribution in [0.5, 0.6) is 17.4 Å². The van der Waals surface area contributed by atoms with Crippen molar-refractivity contribution in [3.8, 4) is 17.4 Å². The number of hydrogen-bond acceptors (Lipinski definition) is 5. The van der Waals surface area contributed by atoms with Gasteiger partial charge in [-0.15, -0.1) is 0 Å². The minimum Gasteiger partial charge on any atom is -0.487 e. The molecule has 2 N–H and O–H groups in total. The topological polar surface area (TPSA) is 102 Å². The van der Waals surface area contributed by atoms with Crippen molar-refractivity contribution in [2.75, 3.05) is 7.11 Å². The van der Waals surface area contributed by atoms with Gasteiger partial charge >= 0.3 is 5.97 Å². The Labute approximate surface area is 117 Å². The summed E-state index contributed by atoms with van der Waals surface area (Å²) in [6, 6.07) is 4.07. The van der Waals surface area contributed by atoms with E-state index in [1.165, 1.54) is 25.3 Å². The highest BCUT2D eigenvalue weighted by Crippen LogP contribution is 2.30. The molecular weight excluding hydrogens is 288 g/mol. The molecule has 2 aromatic rings. The first-order valence-electron chi connectivity index (χ1n) is 5.35. The fourth-order valence-electron chi connectivity index (χ4n) is 1.49. The van der Waals surface area contributed by atoms with Crippen molar-refractivity contribution < 1.29 is 19.4 Å². The van der Waals surface area contributed by atoms with Crippen LogP contribution in [0, 0.1) is 0 Å². The number of aromatic carboxylic acids is 1. The molecule has 20 heavy (non-hydrogen) atoms. The predicted octanol–water partition coefficient (Wildman–Crippen LogP) is 1.92. The molecule has 2 rings (SSSR count). The van der Waals surface area contributed by atoms with Crippen molar-refractivity contribution in [3.05, 3.63) is 45.5 Å². The summed E-state index contributed by atoms with van der Waals surface area (Å²) in [6.45, 7) is 0. The number of nitrogens with one attached hydrogen (secondary N) is 1. The molecule has 0 spiro atoms. The number of rotatable bonds is 4.